The summed E-state index contributed by atoms with van der Waals surface area (Å²) in [4.78, 5) is 15.9. The second-order valence-corrected chi connectivity index (χ2v) is 10.0. The molecular weight excluding hydrogens is 430 g/mol. The predicted molar refractivity (Wildman–Crippen MR) is 133 cm³/mol. The Morgan fingerprint density at radius 2 is 1.82 bits per heavy atom. The molecule has 0 saturated carbocycles. The third kappa shape index (κ3) is 6.35. The van der Waals surface area contributed by atoms with E-state index in [2.05, 4.69) is 59.3 Å². The number of carbonyl (C=O) groups is 1. The Morgan fingerprint density at radius 1 is 1.06 bits per heavy atom. The van der Waals surface area contributed by atoms with Crippen molar-refractivity contribution in [3.8, 4) is 0 Å². The maximum Gasteiger partial charge on any atom is 0.309 e. The van der Waals surface area contributed by atoms with Crippen LogP contribution in [-0.2, 0) is 16.1 Å². The van der Waals surface area contributed by atoms with Crippen molar-refractivity contribution >= 4 is 23.5 Å². The Kier molecular flexibility index (Phi) is 7.65. The highest BCUT2D eigenvalue weighted by Gasteiger charge is 2.27. The fraction of sp³-hybridized carbons (Fsp3) is 0.370. The number of hydrogen-bond donors (Lipinski definition) is 0. The normalized spacial score (nSPS) is 14.5. The van der Waals surface area contributed by atoms with Gasteiger partial charge < -0.3 is 9.64 Å². The molecule has 0 amide bonds. The average Bonchev–Trinajstić information content (AvgIpc) is 2.83. The van der Waals surface area contributed by atoms with Crippen LogP contribution in [0, 0.1) is 12.8 Å². The first-order valence-corrected chi connectivity index (χ1v) is 12.4. The van der Waals surface area contributed by atoms with Gasteiger partial charge in [0.25, 0.3) is 0 Å². The summed E-state index contributed by atoms with van der Waals surface area (Å²) in [5, 5.41) is 9.73. The molecule has 172 valence electrons. The first-order valence-electron chi connectivity index (χ1n) is 11.6. The number of benzene rings is 2. The summed E-state index contributed by atoms with van der Waals surface area (Å²) >= 11 is 1.62. The van der Waals surface area contributed by atoms with E-state index in [0.717, 1.165) is 47.2 Å². The van der Waals surface area contributed by atoms with Crippen LogP contribution < -0.4 is 4.90 Å². The van der Waals surface area contributed by atoms with Gasteiger partial charge in [-0.15, -0.1) is 10.2 Å². The fourth-order valence-electron chi connectivity index (χ4n) is 4.00. The first-order chi connectivity index (χ1) is 16.0. The van der Waals surface area contributed by atoms with E-state index < -0.39 is 0 Å². The summed E-state index contributed by atoms with van der Waals surface area (Å²) < 4.78 is 5.57. The molecule has 3 aromatic rings. The smallest absolute Gasteiger partial charge is 0.309 e. The molecule has 1 aliphatic heterocycles. The summed E-state index contributed by atoms with van der Waals surface area (Å²) in [6.45, 7) is 8.34. The number of piperidine rings is 1. The van der Waals surface area contributed by atoms with E-state index in [1.807, 2.05) is 37.3 Å². The minimum absolute atomic E-state index is 0.0531. The number of hydrogen-bond acceptors (Lipinski definition) is 6. The van der Waals surface area contributed by atoms with Crippen molar-refractivity contribution in [1.82, 2.24) is 10.2 Å². The molecule has 2 heterocycles. The molecule has 5 nitrogen and oxygen atoms in total. The zero-order chi connectivity index (χ0) is 23.2. The summed E-state index contributed by atoms with van der Waals surface area (Å²) in [5.41, 5.74) is 3.54. The molecule has 0 radical (unpaired) electrons. The monoisotopic (exact) mass is 461 g/mol. The number of ether oxygens (including phenoxy) is 1. The number of carbonyl (C=O) groups excluding carboxylic acids is 1. The maximum atomic E-state index is 12.5. The number of anilines is 1. The highest BCUT2D eigenvalue weighted by molar-refractivity contribution is 7.99. The molecule has 0 unspecified atom stereocenters. The summed E-state index contributed by atoms with van der Waals surface area (Å²) in [6, 6.07) is 20.7. The molecule has 1 saturated heterocycles. The number of aromatic nitrogens is 2. The van der Waals surface area contributed by atoms with E-state index in [1.54, 1.807) is 11.8 Å². The van der Waals surface area contributed by atoms with E-state index in [1.165, 1.54) is 11.1 Å². The van der Waals surface area contributed by atoms with Crippen LogP contribution in [0.15, 0.2) is 70.6 Å². The van der Waals surface area contributed by atoms with Crippen LogP contribution in [0.25, 0.3) is 0 Å². The third-order valence-corrected chi connectivity index (χ3v) is 6.95. The SMILES string of the molecule is Cc1cccc(COC(=O)C2CCN(c3ccc(Sc4ccc(C(C)C)cc4)nn3)CC2)c1. The van der Waals surface area contributed by atoms with Crippen LogP contribution in [-0.4, -0.2) is 29.3 Å². The van der Waals surface area contributed by atoms with Gasteiger partial charge in [0.05, 0.1) is 5.92 Å². The van der Waals surface area contributed by atoms with Gasteiger partial charge in [0.1, 0.15) is 11.6 Å². The third-order valence-electron chi connectivity index (χ3n) is 6.01. The Hall–Kier alpha value is -2.86. The second-order valence-electron chi connectivity index (χ2n) is 8.91. The zero-order valence-electron chi connectivity index (χ0n) is 19.5. The number of esters is 1. The second kappa shape index (κ2) is 10.8. The lowest BCUT2D eigenvalue weighted by Crippen LogP contribution is -2.37. The van der Waals surface area contributed by atoms with Crippen molar-refractivity contribution < 1.29 is 9.53 Å². The van der Waals surface area contributed by atoms with Gasteiger partial charge in [-0.2, -0.15) is 0 Å². The molecule has 1 fully saturated rings. The Labute approximate surface area is 200 Å². The highest BCUT2D eigenvalue weighted by atomic mass is 32.2. The summed E-state index contributed by atoms with van der Waals surface area (Å²) in [5.74, 6) is 1.24. The molecule has 33 heavy (non-hydrogen) atoms. The molecule has 0 atom stereocenters. The standard InChI is InChI=1S/C27H31N3O2S/c1-19(2)22-7-9-24(10-8-22)33-26-12-11-25(28-29-26)30-15-13-23(14-16-30)27(31)32-18-21-6-4-5-20(3)17-21/h4-12,17,19,23H,13-16,18H2,1-3H3. The molecule has 4 rings (SSSR count). The van der Waals surface area contributed by atoms with Gasteiger partial charge in [-0.05, 0) is 61.1 Å². The van der Waals surface area contributed by atoms with E-state index in [0.29, 0.717) is 12.5 Å². The lowest BCUT2D eigenvalue weighted by molar-refractivity contribution is -0.150. The van der Waals surface area contributed by atoms with Crippen LogP contribution in [0.1, 0.15) is 49.3 Å². The predicted octanol–water partition coefficient (Wildman–Crippen LogP) is 6.02. The molecule has 0 aliphatic carbocycles. The molecule has 2 aromatic carbocycles. The van der Waals surface area contributed by atoms with Gasteiger partial charge in [-0.25, -0.2) is 0 Å². The van der Waals surface area contributed by atoms with Gasteiger partial charge in [-0.3, -0.25) is 4.79 Å². The van der Waals surface area contributed by atoms with Gasteiger partial charge >= 0.3 is 5.97 Å². The van der Waals surface area contributed by atoms with Crippen molar-refractivity contribution in [3.05, 3.63) is 77.4 Å². The van der Waals surface area contributed by atoms with E-state index in [9.17, 15) is 4.79 Å². The minimum atomic E-state index is -0.0996. The molecule has 0 spiro atoms. The maximum absolute atomic E-state index is 12.5. The fourth-order valence-corrected chi connectivity index (χ4v) is 4.73. The first kappa shape index (κ1) is 23.3. The minimum Gasteiger partial charge on any atom is -0.461 e. The van der Waals surface area contributed by atoms with Crippen LogP contribution in [0.4, 0.5) is 5.82 Å². The van der Waals surface area contributed by atoms with Crippen molar-refractivity contribution in [2.45, 2.75) is 56.1 Å². The molecule has 1 aliphatic rings. The van der Waals surface area contributed by atoms with E-state index in [-0.39, 0.29) is 11.9 Å². The Bertz CT molecular complexity index is 1060. The summed E-state index contributed by atoms with van der Waals surface area (Å²) in [6.07, 6.45) is 1.54. The lowest BCUT2D eigenvalue weighted by atomic mass is 9.97. The van der Waals surface area contributed by atoms with Gasteiger partial charge in [-0.1, -0.05) is 67.6 Å². The number of aryl methyl sites for hydroxylation is 1. The van der Waals surface area contributed by atoms with Crippen LogP contribution in [0.5, 0.6) is 0 Å². The van der Waals surface area contributed by atoms with Gasteiger partial charge in [0.2, 0.25) is 0 Å². The number of rotatable bonds is 7. The zero-order valence-corrected chi connectivity index (χ0v) is 20.3. The van der Waals surface area contributed by atoms with Crippen molar-refractivity contribution in [3.63, 3.8) is 0 Å². The quantitative estimate of drug-likeness (QED) is 0.401. The highest BCUT2D eigenvalue weighted by Crippen LogP contribution is 2.29. The topological polar surface area (TPSA) is 55.3 Å². The van der Waals surface area contributed by atoms with Gasteiger partial charge in [0, 0.05) is 18.0 Å². The van der Waals surface area contributed by atoms with Crippen LogP contribution >= 0.6 is 11.8 Å². The van der Waals surface area contributed by atoms with Crippen molar-refractivity contribution in [2.24, 2.45) is 5.92 Å². The Balaban J connectivity index is 1.25. The van der Waals surface area contributed by atoms with Crippen LogP contribution in [0.2, 0.25) is 0 Å². The number of nitrogens with zero attached hydrogens (tertiary/aromatic N) is 3. The molecule has 0 N–H and O–H groups in total. The lowest BCUT2D eigenvalue weighted by Gasteiger charge is -2.31. The molecule has 6 heteroatoms. The van der Waals surface area contributed by atoms with Crippen LogP contribution in [0.3, 0.4) is 0 Å². The van der Waals surface area contributed by atoms with E-state index >= 15 is 0 Å². The van der Waals surface area contributed by atoms with Crippen molar-refractivity contribution in [2.75, 3.05) is 18.0 Å². The molecule has 0 bridgehead atoms. The average molecular weight is 462 g/mol. The van der Waals surface area contributed by atoms with E-state index in [4.69, 9.17) is 4.74 Å². The Morgan fingerprint density at radius 3 is 2.45 bits per heavy atom. The van der Waals surface area contributed by atoms with Crippen molar-refractivity contribution in [1.29, 1.82) is 0 Å². The largest absolute Gasteiger partial charge is 0.461 e. The van der Waals surface area contributed by atoms with Gasteiger partial charge in [0.15, 0.2) is 5.82 Å². The molecule has 1 aromatic heterocycles. The summed E-state index contributed by atoms with van der Waals surface area (Å²) in [7, 11) is 0. The molecular formula is C27H31N3O2S.